The SMILES string of the molecule is C[Si](C)(C)[N-][Si](C)(C)C.C[Si](C)(C)[N-][Si](C)(C)C.[Co+2]. The standard InChI is InChI=1S/2C6H18NSi2.Co/c2*1-8(2,3)7-9(4,5)6;/h2*1-6H3;/q2*-1;+2. The Balaban J connectivity index is -0.000000256. The molecule has 0 heterocycles. The van der Waals surface area contributed by atoms with Crippen LogP contribution >= 0.6 is 0 Å². The van der Waals surface area contributed by atoms with Gasteiger partial charge in [0.25, 0.3) is 0 Å². The van der Waals surface area contributed by atoms with Gasteiger partial charge in [0.15, 0.2) is 0 Å². The van der Waals surface area contributed by atoms with Gasteiger partial charge in [-0.1, -0.05) is 112 Å². The third-order valence-electron chi connectivity index (χ3n) is 1.34. The fourth-order valence-electron chi connectivity index (χ4n) is 2.01. The average molecular weight is 380 g/mol. The van der Waals surface area contributed by atoms with Crippen molar-refractivity contribution >= 4 is 32.9 Å². The number of hydrogen-bond donors (Lipinski definition) is 0. The molecular weight excluding hydrogens is 343 g/mol. The largest absolute Gasteiger partial charge is 2.00 e. The second-order valence-corrected chi connectivity index (χ2v) is 28.1. The molecule has 0 fully saturated rings. The molecule has 119 valence electrons. The minimum atomic E-state index is -1.11. The van der Waals surface area contributed by atoms with Gasteiger partial charge in [-0.2, -0.15) is 0 Å². The molecule has 0 saturated carbocycles. The van der Waals surface area contributed by atoms with Gasteiger partial charge in [0, 0.05) is 0 Å². The second kappa shape index (κ2) is 8.67. The Labute approximate surface area is 137 Å². The maximum atomic E-state index is 4.82. The van der Waals surface area contributed by atoms with Crippen LogP contribution in [0.5, 0.6) is 0 Å². The number of hydrogen-bond acceptors (Lipinski definition) is 0. The molecular formula is C12H36CoN2Si4. The molecule has 0 unspecified atom stereocenters. The van der Waals surface area contributed by atoms with Crippen LogP contribution in [0.25, 0.3) is 9.30 Å². The summed E-state index contributed by atoms with van der Waals surface area (Å²) in [4.78, 5) is 0. The summed E-state index contributed by atoms with van der Waals surface area (Å²) in [7, 11) is -4.42. The first-order chi connectivity index (χ1) is 7.41. The summed E-state index contributed by atoms with van der Waals surface area (Å²) < 4.78 is 9.64. The molecule has 0 bridgehead atoms. The minimum Gasteiger partial charge on any atom is -0.668 e. The quantitative estimate of drug-likeness (QED) is 0.531. The van der Waals surface area contributed by atoms with Crippen molar-refractivity contribution in [1.29, 1.82) is 0 Å². The minimum absolute atomic E-state index is 0. The van der Waals surface area contributed by atoms with Gasteiger partial charge >= 0.3 is 16.8 Å². The molecule has 0 aromatic heterocycles. The average Bonchev–Trinajstić information content (AvgIpc) is 1.64. The molecule has 0 rings (SSSR count). The molecule has 0 aliphatic heterocycles. The van der Waals surface area contributed by atoms with Crippen molar-refractivity contribution in [1.82, 2.24) is 0 Å². The first kappa shape index (κ1) is 25.3. The smallest absolute Gasteiger partial charge is 0.668 e. The molecule has 1 radical (unpaired) electrons. The Hall–Kier alpha value is 1.29. The molecule has 2 nitrogen and oxygen atoms in total. The van der Waals surface area contributed by atoms with Gasteiger partial charge in [0.05, 0.1) is 0 Å². The van der Waals surface area contributed by atoms with Crippen LogP contribution in [0.2, 0.25) is 78.6 Å². The van der Waals surface area contributed by atoms with Crippen LogP contribution in [0, 0.1) is 0 Å². The molecule has 0 aromatic carbocycles. The van der Waals surface area contributed by atoms with E-state index in [9.17, 15) is 0 Å². The Bertz CT molecular complexity index is 184. The van der Waals surface area contributed by atoms with Gasteiger partial charge in [-0.05, 0) is 0 Å². The van der Waals surface area contributed by atoms with Crippen molar-refractivity contribution in [3.05, 3.63) is 9.30 Å². The van der Waals surface area contributed by atoms with Gasteiger partial charge in [0.1, 0.15) is 0 Å². The van der Waals surface area contributed by atoms with E-state index in [1.54, 1.807) is 0 Å². The summed E-state index contributed by atoms with van der Waals surface area (Å²) in [6.07, 6.45) is 0. The fourth-order valence-corrected chi connectivity index (χ4v) is 18.1. The number of rotatable bonds is 4. The first-order valence-corrected chi connectivity index (χ1v) is 20.7. The van der Waals surface area contributed by atoms with E-state index in [-0.39, 0.29) is 16.8 Å². The predicted octanol–water partition coefficient (Wildman–Crippen LogP) is 6.06. The monoisotopic (exact) mass is 379 g/mol. The van der Waals surface area contributed by atoms with Gasteiger partial charge in [-0.15, -0.1) is 0 Å². The van der Waals surface area contributed by atoms with E-state index in [0.717, 1.165) is 0 Å². The molecule has 0 N–H and O–H groups in total. The molecule has 0 atom stereocenters. The van der Waals surface area contributed by atoms with Gasteiger partial charge in [0.2, 0.25) is 0 Å². The first-order valence-electron chi connectivity index (χ1n) is 6.89. The molecule has 0 aromatic rings. The summed E-state index contributed by atoms with van der Waals surface area (Å²) >= 11 is 0. The van der Waals surface area contributed by atoms with E-state index in [0.29, 0.717) is 0 Å². The zero-order valence-corrected chi connectivity index (χ0v) is 20.3. The molecule has 0 spiro atoms. The van der Waals surface area contributed by atoms with Crippen molar-refractivity contribution in [2.75, 3.05) is 0 Å². The van der Waals surface area contributed by atoms with Crippen molar-refractivity contribution < 1.29 is 16.8 Å². The van der Waals surface area contributed by atoms with Gasteiger partial charge in [-0.25, -0.2) is 0 Å². The summed E-state index contributed by atoms with van der Waals surface area (Å²) in [5, 5.41) is 0. The van der Waals surface area contributed by atoms with Crippen LogP contribution in [0.15, 0.2) is 0 Å². The molecule has 19 heavy (non-hydrogen) atoms. The molecule has 0 saturated heterocycles. The zero-order chi connectivity index (χ0) is 15.4. The second-order valence-electron chi connectivity index (χ2n) is 8.91. The van der Waals surface area contributed by atoms with Crippen LogP contribution in [0.3, 0.4) is 0 Å². The predicted molar refractivity (Wildman–Crippen MR) is 100 cm³/mol. The maximum Gasteiger partial charge on any atom is 2.00 e. The third kappa shape index (κ3) is 32.7. The third-order valence-corrected chi connectivity index (χ3v) is 12.1. The van der Waals surface area contributed by atoms with Crippen LogP contribution in [-0.2, 0) is 16.8 Å². The van der Waals surface area contributed by atoms with Crippen molar-refractivity contribution in [2.24, 2.45) is 0 Å². The van der Waals surface area contributed by atoms with E-state index in [2.05, 4.69) is 78.6 Å². The number of nitrogens with zero attached hydrogens (tertiary/aromatic N) is 2. The summed E-state index contributed by atoms with van der Waals surface area (Å²) in [6, 6.07) is 0. The van der Waals surface area contributed by atoms with Gasteiger partial charge in [-0.3, -0.25) is 0 Å². The topological polar surface area (TPSA) is 28.2 Å². The van der Waals surface area contributed by atoms with E-state index >= 15 is 0 Å². The Morgan fingerprint density at radius 3 is 0.474 bits per heavy atom. The van der Waals surface area contributed by atoms with Gasteiger partial charge < -0.3 is 9.30 Å². The van der Waals surface area contributed by atoms with Crippen LogP contribution in [0.4, 0.5) is 0 Å². The van der Waals surface area contributed by atoms with Crippen molar-refractivity contribution in [3.63, 3.8) is 0 Å². The van der Waals surface area contributed by atoms with E-state index in [1.807, 2.05) is 0 Å². The van der Waals surface area contributed by atoms with Crippen LogP contribution in [0.1, 0.15) is 0 Å². The van der Waals surface area contributed by atoms with Crippen LogP contribution in [-0.4, -0.2) is 32.9 Å². The summed E-state index contributed by atoms with van der Waals surface area (Å²) in [6.45, 7) is 27.6. The van der Waals surface area contributed by atoms with E-state index < -0.39 is 32.9 Å². The molecule has 0 aliphatic rings. The summed E-state index contributed by atoms with van der Waals surface area (Å²) in [5.41, 5.74) is 0. The molecule has 0 aliphatic carbocycles. The Morgan fingerprint density at radius 2 is 0.474 bits per heavy atom. The summed E-state index contributed by atoms with van der Waals surface area (Å²) in [5.74, 6) is 0. The van der Waals surface area contributed by atoms with Crippen LogP contribution < -0.4 is 0 Å². The van der Waals surface area contributed by atoms with Crippen molar-refractivity contribution in [3.8, 4) is 0 Å². The van der Waals surface area contributed by atoms with Crippen molar-refractivity contribution in [2.45, 2.75) is 78.6 Å². The zero-order valence-electron chi connectivity index (χ0n) is 15.2. The Morgan fingerprint density at radius 1 is 0.368 bits per heavy atom. The molecule has 0 amide bonds. The Kier molecular flexibility index (Phi) is 11.5. The van der Waals surface area contributed by atoms with E-state index in [1.165, 1.54) is 0 Å². The normalized spacial score (nSPS) is 13.3. The molecule has 7 heteroatoms. The fraction of sp³-hybridized carbons (Fsp3) is 1.00. The maximum absolute atomic E-state index is 4.82. The van der Waals surface area contributed by atoms with E-state index in [4.69, 9.17) is 9.30 Å².